The van der Waals surface area contributed by atoms with E-state index in [-0.39, 0.29) is 0 Å². The highest BCUT2D eigenvalue weighted by atomic mass is 28.3. The van der Waals surface area contributed by atoms with Gasteiger partial charge in [-0.25, -0.2) is 0 Å². The predicted molar refractivity (Wildman–Crippen MR) is 74.5 cm³/mol. The van der Waals surface area contributed by atoms with E-state index in [1.165, 1.54) is 16.3 Å². The molecular formula is C15H16OSi. The quantitative estimate of drug-likeness (QED) is 0.759. The number of benzene rings is 2. The van der Waals surface area contributed by atoms with Crippen LogP contribution in [0.4, 0.5) is 0 Å². The van der Waals surface area contributed by atoms with Crippen molar-refractivity contribution in [3.05, 3.63) is 53.6 Å². The minimum absolute atomic E-state index is 0.424. The topological polar surface area (TPSA) is 20.2 Å². The number of aliphatic hydroxyl groups excluding tert-OH is 1. The molecule has 86 valence electrons. The van der Waals surface area contributed by atoms with Gasteiger partial charge in [0.15, 0.2) is 0 Å². The van der Waals surface area contributed by atoms with Crippen molar-refractivity contribution in [3.63, 3.8) is 0 Å². The van der Waals surface area contributed by atoms with Gasteiger partial charge >= 0.3 is 0 Å². The molecule has 1 aliphatic carbocycles. The average Bonchev–Trinajstić information content (AvgIpc) is 2.64. The minimum Gasteiger partial charge on any atom is -0.384 e. The molecule has 0 aliphatic heterocycles. The highest BCUT2D eigenvalue weighted by Gasteiger charge is 2.29. The van der Waals surface area contributed by atoms with E-state index in [0.717, 1.165) is 11.1 Å². The Morgan fingerprint density at radius 3 is 2.41 bits per heavy atom. The molecule has 1 unspecified atom stereocenters. The summed E-state index contributed by atoms with van der Waals surface area (Å²) in [7, 11) is -0.903. The highest BCUT2D eigenvalue weighted by molar-refractivity contribution is 6.71. The third-order valence-electron chi connectivity index (χ3n) is 3.58. The van der Waals surface area contributed by atoms with Crippen LogP contribution in [0.15, 0.2) is 42.5 Å². The van der Waals surface area contributed by atoms with Crippen molar-refractivity contribution in [1.29, 1.82) is 0 Å². The fraction of sp³-hybridized carbons (Fsp3) is 0.200. The van der Waals surface area contributed by atoms with Crippen LogP contribution < -0.4 is 5.19 Å². The summed E-state index contributed by atoms with van der Waals surface area (Å²) in [5, 5.41) is 11.9. The van der Waals surface area contributed by atoms with Crippen LogP contribution in [0.25, 0.3) is 11.1 Å². The standard InChI is InChI=1S/C15H16OSi/c1-17(2)13-9-5-8-11-10-6-3-4-7-12(10)15(16)14(11)13/h3-9,15-17H,1-2H3. The molecule has 2 heteroatoms. The van der Waals surface area contributed by atoms with E-state index >= 15 is 0 Å². The lowest BCUT2D eigenvalue weighted by molar-refractivity contribution is 0.226. The lowest BCUT2D eigenvalue weighted by atomic mass is 10.1. The summed E-state index contributed by atoms with van der Waals surface area (Å²) in [5.74, 6) is 0. The fourth-order valence-corrected chi connectivity index (χ4v) is 4.19. The van der Waals surface area contributed by atoms with Crippen LogP contribution in [0.5, 0.6) is 0 Å². The van der Waals surface area contributed by atoms with Gasteiger partial charge < -0.3 is 5.11 Å². The van der Waals surface area contributed by atoms with Crippen LogP contribution in [-0.4, -0.2) is 13.9 Å². The summed E-state index contributed by atoms with van der Waals surface area (Å²) in [6.45, 7) is 4.62. The largest absolute Gasteiger partial charge is 0.384 e. The Morgan fingerprint density at radius 1 is 0.941 bits per heavy atom. The summed E-state index contributed by atoms with van der Waals surface area (Å²) < 4.78 is 0. The summed E-state index contributed by atoms with van der Waals surface area (Å²) in [6, 6.07) is 14.6. The highest BCUT2D eigenvalue weighted by Crippen LogP contribution is 2.42. The maximum Gasteiger partial charge on any atom is 0.105 e. The molecule has 2 aromatic rings. The zero-order valence-corrected chi connectivity index (χ0v) is 11.3. The van der Waals surface area contributed by atoms with Gasteiger partial charge in [-0.3, -0.25) is 0 Å². The number of aliphatic hydroxyl groups is 1. The van der Waals surface area contributed by atoms with Crippen LogP contribution in [0.1, 0.15) is 17.2 Å². The van der Waals surface area contributed by atoms with E-state index in [1.807, 2.05) is 18.2 Å². The third kappa shape index (κ3) is 1.48. The Morgan fingerprint density at radius 2 is 1.65 bits per heavy atom. The SMILES string of the molecule is C[SiH](C)c1cccc2c1C(O)c1ccccc1-2. The van der Waals surface area contributed by atoms with Crippen molar-refractivity contribution < 1.29 is 5.11 Å². The van der Waals surface area contributed by atoms with Crippen molar-refractivity contribution in [2.45, 2.75) is 19.2 Å². The molecule has 1 atom stereocenters. The Balaban J connectivity index is 2.30. The first kappa shape index (κ1) is 10.8. The molecule has 0 saturated carbocycles. The van der Waals surface area contributed by atoms with Crippen LogP contribution in [-0.2, 0) is 0 Å². The van der Waals surface area contributed by atoms with E-state index < -0.39 is 14.9 Å². The number of rotatable bonds is 1. The van der Waals surface area contributed by atoms with Crippen LogP contribution in [0.3, 0.4) is 0 Å². The molecule has 0 heterocycles. The van der Waals surface area contributed by atoms with Crippen molar-refractivity contribution in [2.75, 3.05) is 0 Å². The molecule has 0 radical (unpaired) electrons. The zero-order valence-electron chi connectivity index (χ0n) is 10.1. The van der Waals surface area contributed by atoms with Gasteiger partial charge in [0, 0.05) is 0 Å². The maximum absolute atomic E-state index is 10.5. The fourth-order valence-electron chi connectivity index (χ4n) is 2.76. The van der Waals surface area contributed by atoms with E-state index in [2.05, 4.69) is 37.4 Å². The van der Waals surface area contributed by atoms with E-state index in [9.17, 15) is 5.11 Å². The molecule has 0 bridgehead atoms. The molecule has 2 aromatic carbocycles. The molecule has 17 heavy (non-hydrogen) atoms. The molecule has 1 aliphatic rings. The van der Waals surface area contributed by atoms with Crippen LogP contribution >= 0.6 is 0 Å². The van der Waals surface area contributed by atoms with E-state index in [0.29, 0.717) is 0 Å². The van der Waals surface area contributed by atoms with Gasteiger partial charge in [-0.05, 0) is 22.3 Å². The molecule has 0 aromatic heterocycles. The predicted octanol–water partition coefficient (Wildman–Crippen LogP) is 2.44. The number of hydrogen-bond donors (Lipinski definition) is 1. The van der Waals surface area contributed by atoms with Crippen molar-refractivity contribution in [3.8, 4) is 11.1 Å². The third-order valence-corrected chi connectivity index (χ3v) is 5.33. The van der Waals surface area contributed by atoms with Crippen LogP contribution in [0.2, 0.25) is 13.1 Å². The van der Waals surface area contributed by atoms with E-state index in [4.69, 9.17) is 0 Å². The summed E-state index contributed by atoms with van der Waals surface area (Å²) in [6.07, 6.45) is -0.424. The monoisotopic (exact) mass is 240 g/mol. The van der Waals surface area contributed by atoms with E-state index in [1.54, 1.807) is 0 Å². The minimum atomic E-state index is -0.903. The van der Waals surface area contributed by atoms with Crippen LogP contribution in [0, 0.1) is 0 Å². The first-order valence-corrected chi connectivity index (χ1v) is 8.99. The number of fused-ring (bicyclic) bond motifs is 3. The first-order chi connectivity index (χ1) is 8.20. The molecule has 1 N–H and O–H groups in total. The van der Waals surface area contributed by atoms with Gasteiger partial charge in [-0.2, -0.15) is 0 Å². The maximum atomic E-state index is 10.5. The lowest BCUT2D eigenvalue weighted by Gasteiger charge is -2.14. The van der Waals surface area contributed by atoms with Gasteiger partial charge in [-0.1, -0.05) is 60.7 Å². The van der Waals surface area contributed by atoms with Gasteiger partial charge in [0.05, 0.1) is 8.80 Å². The summed E-state index contributed by atoms with van der Waals surface area (Å²) >= 11 is 0. The van der Waals surface area contributed by atoms with Gasteiger partial charge in [-0.15, -0.1) is 0 Å². The first-order valence-electron chi connectivity index (χ1n) is 6.10. The molecule has 0 saturated heterocycles. The van der Waals surface area contributed by atoms with Gasteiger partial charge in [0.1, 0.15) is 6.10 Å². The molecule has 0 fully saturated rings. The molecule has 0 spiro atoms. The van der Waals surface area contributed by atoms with Crippen molar-refractivity contribution >= 4 is 14.0 Å². The Kier molecular flexibility index (Phi) is 2.42. The van der Waals surface area contributed by atoms with Gasteiger partial charge in [0.2, 0.25) is 0 Å². The zero-order chi connectivity index (χ0) is 12.0. The smallest absolute Gasteiger partial charge is 0.105 e. The second kappa shape index (κ2) is 3.83. The number of hydrogen-bond acceptors (Lipinski definition) is 1. The van der Waals surface area contributed by atoms with Gasteiger partial charge in [0.25, 0.3) is 0 Å². The second-order valence-corrected chi connectivity index (χ2v) is 7.88. The Labute approximate surface area is 103 Å². The molecule has 0 amide bonds. The molecule has 3 rings (SSSR count). The normalized spacial score (nSPS) is 17.1. The Hall–Kier alpha value is -1.38. The molecular weight excluding hydrogens is 224 g/mol. The second-order valence-electron chi connectivity index (χ2n) is 4.95. The average molecular weight is 240 g/mol. The Bertz CT molecular complexity index is 575. The summed E-state index contributed by atoms with van der Waals surface area (Å²) in [4.78, 5) is 0. The van der Waals surface area contributed by atoms with Crippen molar-refractivity contribution in [1.82, 2.24) is 0 Å². The van der Waals surface area contributed by atoms with Crippen molar-refractivity contribution in [2.24, 2.45) is 0 Å². The lowest BCUT2D eigenvalue weighted by Crippen LogP contribution is -2.27. The molecule has 1 nitrogen and oxygen atoms in total. The summed E-state index contributed by atoms with van der Waals surface area (Å²) in [5.41, 5.74) is 4.65.